The first-order valence-corrected chi connectivity index (χ1v) is 46.6. The molecule has 22 aromatic rings. The highest BCUT2D eigenvalue weighted by molar-refractivity contribution is 5.97. The van der Waals surface area contributed by atoms with E-state index in [1.165, 1.54) is 100 Å². The van der Waals surface area contributed by atoms with Crippen molar-refractivity contribution >= 4 is 0 Å². The maximum Gasteiger partial charge on any atom is 0.164 e. The molecule has 0 N–H and O–H groups in total. The Kier molecular flexibility index (Phi) is 20.9. The molecule has 4 aliphatic carbocycles. The Labute approximate surface area is 796 Å². The maximum atomic E-state index is 5.15. The van der Waals surface area contributed by atoms with Crippen LogP contribution in [0, 0.1) is 0 Å². The molecular formula is C128H87N9. The molecule has 4 aliphatic rings. The molecule has 0 unspecified atom stereocenters. The molecule has 0 amide bonds. The van der Waals surface area contributed by atoms with Crippen LogP contribution in [0.25, 0.3) is 180 Å². The van der Waals surface area contributed by atoms with Gasteiger partial charge in [0.05, 0.1) is 10.8 Å². The number of nitrogens with zero attached hydrogens (tertiary/aromatic N) is 9. The summed E-state index contributed by atoms with van der Waals surface area (Å²) in [6.07, 6.45) is 0. The molecule has 137 heavy (non-hydrogen) atoms. The van der Waals surface area contributed by atoms with Gasteiger partial charge in [0.1, 0.15) is 0 Å². The quantitative estimate of drug-likeness (QED) is 0.105. The molecule has 0 bridgehead atoms. The van der Waals surface area contributed by atoms with E-state index in [-0.39, 0.29) is 10.8 Å². The molecule has 0 saturated carbocycles. The highest BCUT2D eigenvalue weighted by Gasteiger charge is 2.52. The monoisotopic (exact) mass is 1750 g/mol. The largest absolute Gasteiger partial charge is 0.208 e. The molecule has 3 heterocycles. The second kappa shape index (κ2) is 34.7. The molecule has 0 atom stereocenters. The van der Waals surface area contributed by atoms with Crippen molar-refractivity contribution in [2.75, 3.05) is 0 Å². The van der Waals surface area contributed by atoms with E-state index in [9.17, 15) is 0 Å². The fourth-order valence-electron chi connectivity index (χ4n) is 21.1. The highest BCUT2D eigenvalue weighted by atomic mass is 15.1. The lowest BCUT2D eigenvalue weighted by molar-refractivity contribution is 0.660. The number of hydrogen-bond acceptors (Lipinski definition) is 9. The van der Waals surface area contributed by atoms with Crippen molar-refractivity contribution < 1.29 is 0 Å². The Morgan fingerprint density at radius 1 is 0.124 bits per heavy atom. The Balaban J connectivity index is 0.000000113. The molecule has 9 nitrogen and oxygen atoms in total. The van der Waals surface area contributed by atoms with E-state index in [2.05, 4.69) is 420 Å². The van der Waals surface area contributed by atoms with E-state index >= 15 is 0 Å². The van der Waals surface area contributed by atoms with Gasteiger partial charge in [-0.1, -0.05) is 469 Å². The fraction of sp³-hybridized carbons (Fsp3) is 0.0391. The van der Waals surface area contributed by atoms with Gasteiger partial charge in [0.2, 0.25) is 0 Å². The van der Waals surface area contributed by atoms with E-state index in [1.807, 2.05) is 84.9 Å². The van der Waals surface area contributed by atoms with Crippen molar-refractivity contribution in [3.05, 3.63) is 547 Å². The van der Waals surface area contributed by atoms with E-state index < -0.39 is 5.41 Å². The first-order valence-electron chi connectivity index (χ1n) is 46.6. The summed E-state index contributed by atoms with van der Waals surface area (Å²) in [5.41, 5.74) is 37.6. The second-order valence-electron chi connectivity index (χ2n) is 35.7. The Hall–Kier alpha value is -17.8. The van der Waals surface area contributed by atoms with E-state index in [1.54, 1.807) is 0 Å². The number of fused-ring (bicyclic) bond motifs is 16. The van der Waals surface area contributed by atoms with Crippen molar-refractivity contribution in [3.63, 3.8) is 0 Å². The van der Waals surface area contributed by atoms with E-state index in [0.717, 1.165) is 83.5 Å². The third kappa shape index (κ3) is 14.6. The lowest BCUT2D eigenvalue weighted by atomic mass is 9.67. The van der Waals surface area contributed by atoms with Gasteiger partial charge in [0, 0.05) is 55.5 Å². The third-order valence-electron chi connectivity index (χ3n) is 27.5. The SMILES string of the molecule is CC1(C)c2ccccc2-c2cc(-c3nc(-c4ccccc4)nc(-c4cccc(-c5ccccc5)c4)n3)ccc21.c1ccc(-c2cccc(-c3nc(-c4ccccc4)nc(-c4ccc5c(c4)-c4ccccc4C5(c4ccccc4)c4ccccc4)n3)c2)cc1.c1ccc(-c2cccc(-c3nc(-c4ccccc4)nc(-c4ccc5c(c4)-c4ccccc4C54c5ccccc5-c5ccccc54)n3)c2)cc1. The van der Waals surface area contributed by atoms with Crippen LogP contribution in [0.4, 0.5) is 0 Å². The summed E-state index contributed by atoms with van der Waals surface area (Å²) in [5, 5.41) is 0. The molecule has 3 aromatic heterocycles. The molecule has 0 radical (unpaired) electrons. The molecule has 26 rings (SSSR count). The molecule has 0 fully saturated rings. The van der Waals surface area contributed by atoms with E-state index in [4.69, 9.17) is 44.9 Å². The van der Waals surface area contributed by atoms with Crippen LogP contribution in [0.15, 0.2) is 491 Å². The minimum absolute atomic E-state index is 0.0399. The molecule has 9 heteroatoms. The van der Waals surface area contributed by atoms with Crippen LogP contribution in [0.5, 0.6) is 0 Å². The number of benzene rings is 19. The van der Waals surface area contributed by atoms with Gasteiger partial charge in [-0.05, 0) is 170 Å². The maximum absolute atomic E-state index is 5.15. The van der Waals surface area contributed by atoms with Crippen molar-refractivity contribution in [2.45, 2.75) is 30.1 Å². The van der Waals surface area contributed by atoms with E-state index in [0.29, 0.717) is 52.4 Å². The third-order valence-corrected chi connectivity index (χ3v) is 27.5. The van der Waals surface area contributed by atoms with Gasteiger partial charge in [-0.3, -0.25) is 0 Å². The minimum atomic E-state index is -0.454. The highest BCUT2D eigenvalue weighted by Crippen LogP contribution is 2.64. The summed E-state index contributed by atoms with van der Waals surface area (Å²) < 4.78 is 0. The number of rotatable bonds is 14. The summed E-state index contributed by atoms with van der Waals surface area (Å²) >= 11 is 0. The van der Waals surface area contributed by atoms with Crippen molar-refractivity contribution in [1.29, 1.82) is 0 Å². The summed E-state index contributed by atoms with van der Waals surface area (Å²) in [5.74, 6) is 5.90. The van der Waals surface area contributed by atoms with Gasteiger partial charge >= 0.3 is 0 Å². The van der Waals surface area contributed by atoms with Crippen LogP contribution in [0.2, 0.25) is 0 Å². The van der Waals surface area contributed by atoms with Crippen molar-refractivity contribution in [2.24, 2.45) is 0 Å². The lowest BCUT2D eigenvalue weighted by Crippen LogP contribution is -2.28. The smallest absolute Gasteiger partial charge is 0.164 e. The van der Waals surface area contributed by atoms with Gasteiger partial charge in [-0.2, -0.15) is 0 Å². The average Bonchev–Trinajstić information content (AvgIpc) is 1.50. The number of hydrogen-bond donors (Lipinski definition) is 0. The summed E-state index contributed by atoms with van der Waals surface area (Å²) in [7, 11) is 0. The average molecular weight is 1750 g/mol. The summed E-state index contributed by atoms with van der Waals surface area (Å²) in [4.78, 5) is 45.5. The zero-order valence-electron chi connectivity index (χ0n) is 75.3. The van der Waals surface area contributed by atoms with Gasteiger partial charge in [-0.25, -0.2) is 44.9 Å². The zero-order chi connectivity index (χ0) is 91.4. The van der Waals surface area contributed by atoms with Gasteiger partial charge in [0.25, 0.3) is 0 Å². The fourth-order valence-corrected chi connectivity index (χ4v) is 21.1. The molecule has 644 valence electrons. The van der Waals surface area contributed by atoms with Crippen LogP contribution in [0.3, 0.4) is 0 Å². The predicted molar refractivity (Wildman–Crippen MR) is 556 cm³/mol. The zero-order valence-corrected chi connectivity index (χ0v) is 75.3. The van der Waals surface area contributed by atoms with Gasteiger partial charge < -0.3 is 0 Å². The minimum Gasteiger partial charge on any atom is -0.208 e. The predicted octanol–water partition coefficient (Wildman–Crippen LogP) is 30.6. The Morgan fingerprint density at radius 2 is 0.307 bits per heavy atom. The lowest BCUT2D eigenvalue weighted by Gasteiger charge is -2.33. The van der Waals surface area contributed by atoms with Crippen LogP contribution in [-0.4, -0.2) is 44.9 Å². The summed E-state index contributed by atoms with van der Waals surface area (Å²) in [6, 6.07) is 173. The molecule has 0 aliphatic heterocycles. The van der Waals surface area contributed by atoms with Gasteiger partial charge in [-0.15, -0.1) is 0 Å². The van der Waals surface area contributed by atoms with Gasteiger partial charge in [0.15, 0.2) is 52.4 Å². The van der Waals surface area contributed by atoms with Crippen molar-refractivity contribution in [3.8, 4) is 180 Å². The molecule has 0 saturated heterocycles. The molecule has 19 aromatic carbocycles. The Morgan fingerprint density at radius 3 is 0.613 bits per heavy atom. The topological polar surface area (TPSA) is 116 Å². The number of aromatic nitrogens is 9. The first-order chi connectivity index (χ1) is 67.6. The van der Waals surface area contributed by atoms with Crippen LogP contribution < -0.4 is 0 Å². The molecule has 1 spiro atoms. The standard InChI is InChI=1S/C46H29N3.C46H31N3.C36H27N3/c1-3-14-30(15-4-1)32-18-13-19-33(28-32)44-47-43(31-16-5-2-6-17-31)48-45(49-44)34-26-27-42-38(29-34)37-22-9-12-25-41(37)46(42)39-23-10-7-20-35(39)36-21-8-11-24-40(36)46;1-5-16-32(17-6-1)34-20-15-21-35(30-34)44-47-43(33-18-7-2-8-19-33)48-45(49-44)36-28-29-42-40(31-36)39-26-13-14-27-41(39)46(42,37-22-9-3-10-23-37)38-24-11-4-12-25-38;1-36(2)31-19-10-9-18-29(31)30-23-28(20-21-32(30)36)35-38-33(25-14-7-4-8-15-25)37-34(39-35)27-17-11-16-26(22-27)24-12-5-3-6-13-24/h1-29H;1-31H;3-23H,1-2H3. The normalized spacial score (nSPS) is 12.9. The summed E-state index contributed by atoms with van der Waals surface area (Å²) in [6.45, 7) is 4.59. The van der Waals surface area contributed by atoms with Crippen LogP contribution >= 0.6 is 0 Å². The Bertz CT molecular complexity index is 8000. The second-order valence-corrected chi connectivity index (χ2v) is 35.7. The van der Waals surface area contributed by atoms with Crippen molar-refractivity contribution in [1.82, 2.24) is 44.9 Å². The van der Waals surface area contributed by atoms with Crippen LogP contribution in [-0.2, 0) is 16.2 Å². The van der Waals surface area contributed by atoms with Crippen LogP contribution in [0.1, 0.15) is 69.5 Å². The first kappa shape index (κ1) is 82.4. The molecular weight excluding hydrogens is 1660 g/mol.